The fourth-order valence-corrected chi connectivity index (χ4v) is 2.47. The monoisotopic (exact) mass is 300 g/mol. The van der Waals surface area contributed by atoms with Crippen molar-refractivity contribution in [1.82, 2.24) is 0 Å². The Hall–Kier alpha value is 0.930. The summed E-state index contributed by atoms with van der Waals surface area (Å²) in [5.74, 6) is 0. The first-order valence-electron chi connectivity index (χ1n) is 4.45. The summed E-state index contributed by atoms with van der Waals surface area (Å²) < 4.78 is 29.0. The Balaban J connectivity index is 0. The Kier molecular flexibility index (Phi) is 11.7. The SMILES string of the molecule is O=CCCCCCOP(=O)(O)OP(=O)(O)O.[NaH]. The zero-order valence-electron chi connectivity index (χ0n) is 8.39. The van der Waals surface area contributed by atoms with Crippen molar-refractivity contribution < 1.29 is 37.4 Å². The number of hydrogen-bond donors (Lipinski definition) is 3. The van der Waals surface area contributed by atoms with Gasteiger partial charge >= 0.3 is 45.2 Å². The van der Waals surface area contributed by atoms with E-state index in [4.69, 9.17) is 14.7 Å². The van der Waals surface area contributed by atoms with Crippen molar-refractivity contribution in [1.29, 1.82) is 0 Å². The van der Waals surface area contributed by atoms with Crippen LogP contribution in [-0.2, 0) is 22.8 Å². The van der Waals surface area contributed by atoms with Gasteiger partial charge < -0.3 is 19.5 Å². The van der Waals surface area contributed by atoms with Crippen molar-refractivity contribution in [3.8, 4) is 0 Å². The molecule has 0 radical (unpaired) electrons. The summed E-state index contributed by atoms with van der Waals surface area (Å²) in [6.07, 6.45) is 2.78. The van der Waals surface area contributed by atoms with Crippen LogP contribution in [0.2, 0.25) is 0 Å². The van der Waals surface area contributed by atoms with E-state index in [0.717, 1.165) is 6.29 Å². The molecule has 0 saturated heterocycles. The molecule has 1 unspecified atom stereocenters. The van der Waals surface area contributed by atoms with Crippen molar-refractivity contribution in [2.75, 3.05) is 6.61 Å². The van der Waals surface area contributed by atoms with Gasteiger partial charge in [0.2, 0.25) is 0 Å². The average molecular weight is 300 g/mol. The van der Waals surface area contributed by atoms with Gasteiger partial charge in [-0.05, 0) is 12.8 Å². The molecule has 0 aliphatic heterocycles. The molecule has 0 aromatic rings. The first-order chi connectivity index (χ1) is 7.27. The van der Waals surface area contributed by atoms with E-state index in [1.165, 1.54) is 0 Å². The van der Waals surface area contributed by atoms with Crippen LogP contribution in [0.15, 0.2) is 0 Å². The van der Waals surface area contributed by atoms with Crippen molar-refractivity contribution in [3.05, 3.63) is 0 Å². The van der Waals surface area contributed by atoms with Gasteiger partial charge in [0.05, 0.1) is 6.61 Å². The van der Waals surface area contributed by atoms with Crippen LogP contribution in [0.4, 0.5) is 0 Å². The summed E-state index contributed by atoms with van der Waals surface area (Å²) in [5, 5.41) is 0. The number of hydrogen-bond acceptors (Lipinski definition) is 5. The molecule has 11 heteroatoms. The van der Waals surface area contributed by atoms with Crippen LogP contribution in [0.25, 0.3) is 0 Å². The minimum absolute atomic E-state index is 0. The van der Waals surface area contributed by atoms with E-state index in [0.29, 0.717) is 25.7 Å². The summed E-state index contributed by atoms with van der Waals surface area (Å²) in [6, 6.07) is 0. The van der Waals surface area contributed by atoms with Gasteiger partial charge in [-0.1, -0.05) is 6.42 Å². The number of unbranched alkanes of at least 4 members (excludes halogenated alkanes) is 3. The molecule has 0 spiro atoms. The first-order valence-corrected chi connectivity index (χ1v) is 7.47. The molecule has 0 amide bonds. The Bertz CT molecular complexity index is 302. The molecule has 0 rings (SSSR count). The van der Waals surface area contributed by atoms with E-state index in [2.05, 4.69) is 8.83 Å². The van der Waals surface area contributed by atoms with Crippen LogP contribution < -0.4 is 0 Å². The molecule has 8 nitrogen and oxygen atoms in total. The third kappa shape index (κ3) is 14.9. The number of carbonyl (C=O) groups excluding carboxylic acids is 1. The molecule has 0 aliphatic carbocycles. The summed E-state index contributed by atoms with van der Waals surface area (Å²) in [4.78, 5) is 35.3. The molecule has 0 heterocycles. The minimum atomic E-state index is -5.04. The quantitative estimate of drug-likeness (QED) is 0.240. The molecule has 0 bridgehead atoms. The molecule has 0 fully saturated rings. The van der Waals surface area contributed by atoms with Crippen LogP contribution in [-0.4, -0.2) is 57.1 Å². The van der Waals surface area contributed by atoms with Crippen LogP contribution >= 0.6 is 15.6 Å². The second-order valence-corrected chi connectivity index (χ2v) is 5.72. The third-order valence-electron chi connectivity index (χ3n) is 1.43. The van der Waals surface area contributed by atoms with Gasteiger partial charge in [0.1, 0.15) is 6.29 Å². The number of phosphoric acid groups is 2. The van der Waals surface area contributed by atoms with E-state index in [1.54, 1.807) is 0 Å². The second-order valence-electron chi connectivity index (χ2n) is 2.89. The number of rotatable bonds is 9. The van der Waals surface area contributed by atoms with Crippen LogP contribution in [0.3, 0.4) is 0 Å². The molecule has 98 valence electrons. The number of aldehydes is 1. The van der Waals surface area contributed by atoms with Crippen LogP contribution in [0, 0.1) is 0 Å². The average Bonchev–Trinajstić information content (AvgIpc) is 2.06. The summed E-state index contributed by atoms with van der Waals surface area (Å²) >= 11 is 0. The molecule has 17 heavy (non-hydrogen) atoms. The molecule has 0 saturated carbocycles. The Morgan fingerprint density at radius 2 is 1.65 bits per heavy atom. The standard InChI is InChI=1S/C6H14O8P2.Na.H/c7-5-3-1-2-4-6-13-16(11,12)14-15(8,9)10;;/h5H,1-4,6H2,(H,11,12)(H2,8,9,10);;. The Morgan fingerprint density at radius 3 is 2.12 bits per heavy atom. The summed E-state index contributed by atoms with van der Waals surface area (Å²) in [6.45, 7) is -0.174. The summed E-state index contributed by atoms with van der Waals surface area (Å²) in [7, 11) is -9.74. The molecule has 0 aromatic heterocycles. The molecule has 3 N–H and O–H groups in total. The third-order valence-corrected chi connectivity index (χ3v) is 3.62. The topological polar surface area (TPSA) is 130 Å². The van der Waals surface area contributed by atoms with Crippen molar-refractivity contribution in [3.63, 3.8) is 0 Å². The summed E-state index contributed by atoms with van der Waals surface area (Å²) in [5.41, 5.74) is 0. The molecule has 1 atom stereocenters. The normalized spacial score (nSPS) is 14.8. The van der Waals surface area contributed by atoms with E-state index in [9.17, 15) is 13.9 Å². The Labute approximate surface area is 121 Å². The van der Waals surface area contributed by atoms with Crippen molar-refractivity contribution in [2.24, 2.45) is 0 Å². The molecule has 0 aromatic carbocycles. The van der Waals surface area contributed by atoms with E-state index in [-0.39, 0.29) is 36.2 Å². The fourth-order valence-electron chi connectivity index (χ4n) is 0.844. The van der Waals surface area contributed by atoms with Gasteiger partial charge in [-0.2, -0.15) is 4.31 Å². The van der Waals surface area contributed by atoms with Gasteiger partial charge in [-0.15, -0.1) is 0 Å². The van der Waals surface area contributed by atoms with Gasteiger partial charge in [-0.25, -0.2) is 9.13 Å². The molecule has 0 aliphatic rings. The van der Waals surface area contributed by atoms with Crippen LogP contribution in [0.1, 0.15) is 25.7 Å². The number of carbonyl (C=O) groups is 1. The zero-order chi connectivity index (χ0) is 12.7. The second kappa shape index (κ2) is 9.81. The fraction of sp³-hybridized carbons (Fsp3) is 0.833. The zero-order valence-corrected chi connectivity index (χ0v) is 10.2. The molecular formula is C6H15NaO8P2. The maximum atomic E-state index is 10.9. The van der Waals surface area contributed by atoms with E-state index in [1.807, 2.05) is 0 Å². The van der Waals surface area contributed by atoms with E-state index < -0.39 is 15.6 Å². The predicted molar refractivity (Wildman–Crippen MR) is 60.6 cm³/mol. The van der Waals surface area contributed by atoms with E-state index >= 15 is 0 Å². The van der Waals surface area contributed by atoms with Crippen molar-refractivity contribution >= 4 is 51.5 Å². The molecular weight excluding hydrogens is 285 g/mol. The van der Waals surface area contributed by atoms with Crippen LogP contribution in [0.5, 0.6) is 0 Å². The first kappa shape index (κ1) is 20.3. The van der Waals surface area contributed by atoms with Gasteiger partial charge in [-0.3, -0.25) is 4.52 Å². The van der Waals surface area contributed by atoms with Crippen molar-refractivity contribution in [2.45, 2.75) is 25.7 Å². The number of phosphoric ester groups is 1. The van der Waals surface area contributed by atoms with Gasteiger partial charge in [0.15, 0.2) is 0 Å². The van der Waals surface area contributed by atoms with Gasteiger partial charge in [0, 0.05) is 6.42 Å². The van der Waals surface area contributed by atoms with Gasteiger partial charge in [0.25, 0.3) is 0 Å². The predicted octanol–water partition coefficient (Wildman–Crippen LogP) is 0.323. The Morgan fingerprint density at radius 1 is 1.06 bits per heavy atom. The maximum absolute atomic E-state index is 10.9.